The Labute approximate surface area is 108 Å². The lowest BCUT2D eigenvalue weighted by molar-refractivity contribution is -0.146. The van der Waals surface area contributed by atoms with Gasteiger partial charge in [0.25, 0.3) is 5.82 Å². The van der Waals surface area contributed by atoms with Gasteiger partial charge in [-0.25, -0.2) is 0 Å². The van der Waals surface area contributed by atoms with Crippen LogP contribution < -0.4 is 4.90 Å². The van der Waals surface area contributed by atoms with Gasteiger partial charge in [-0.15, -0.1) is 15.3 Å². The first-order valence-corrected chi connectivity index (χ1v) is 5.80. The average molecular weight is 273 g/mol. The summed E-state index contributed by atoms with van der Waals surface area (Å²) in [6, 6.07) is 3.11. The molecule has 0 atom stereocenters. The van der Waals surface area contributed by atoms with E-state index in [2.05, 4.69) is 15.3 Å². The largest absolute Gasteiger partial charge is 0.453 e. The Morgan fingerprint density at radius 2 is 1.95 bits per heavy atom. The van der Waals surface area contributed by atoms with E-state index in [0.29, 0.717) is 18.3 Å². The molecule has 0 aliphatic heterocycles. The van der Waals surface area contributed by atoms with Crippen molar-refractivity contribution in [1.82, 2.24) is 19.8 Å². The summed E-state index contributed by atoms with van der Waals surface area (Å²) in [5, 5.41) is 10.5. The Morgan fingerprint density at radius 1 is 1.26 bits per heavy atom. The van der Waals surface area contributed by atoms with Crippen LogP contribution in [0.4, 0.5) is 19.0 Å². The molecule has 0 radical (unpaired) electrons. The lowest BCUT2D eigenvalue weighted by Gasteiger charge is -2.20. The minimum absolute atomic E-state index is 0.0778. The molecular weight excluding hydrogens is 259 g/mol. The highest BCUT2D eigenvalue weighted by Crippen LogP contribution is 2.27. The van der Waals surface area contributed by atoms with E-state index in [1.165, 1.54) is 6.07 Å². The van der Waals surface area contributed by atoms with Crippen molar-refractivity contribution in [2.75, 3.05) is 18.5 Å². The molecule has 0 saturated carbocycles. The van der Waals surface area contributed by atoms with E-state index >= 15 is 0 Å². The molecule has 0 unspecified atom stereocenters. The lowest BCUT2D eigenvalue weighted by Crippen LogP contribution is -2.24. The standard InChI is InChI=1S/C11H14F3N5/c1-7(2)6-18(3)9-5-4-8-15-16-10(11(12,13)14)19(8)17-9/h4-5,7H,6H2,1-3H3. The molecule has 0 bridgehead atoms. The van der Waals surface area contributed by atoms with Gasteiger partial charge in [0.1, 0.15) is 5.82 Å². The highest BCUT2D eigenvalue weighted by atomic mass is 19.4. The molecule has 0 amide bonds. The highest BCUT2D eigenvalue weighted by Gasteiger charge is 2.37. The molecule has 2 aromatic heterocycles. The molecule has 0 aromatic carbocycles. The number of aromatic nitrogens is 4. The first-order valence-electron chi connectivity index (χ1n) is 5.80. The summed E-state index contributed by atoms with van der Waals surface area (Å²) in [5.41, 5.74) is 0.0778. The van der Waals surface area contributed by atoms with Gasteiger partial charge in [0.2, 0.25) is 0 Å². The van der Waals surface area contributed by atoms with Crippen LogP contribution in [-0.4, -0.2) is 33.4 Å². The van der Waals surface area contributed by atoms with E-state index in [0.717, 1.165) is 4.52 Å². The molecular formula is C11H14F3N5. The fourth-order valence-electron chi connectivity index (χ4n) is 1.80. The predicted octanol–water partition coefficient (Wildman–Crippen LogP) is 2.24. The average Bonchev–Trinajstić information content (AvgIpc) is 2.69. The zero-order valence-corrected chi connectivity index (χ0v) is 10.8. The van der Waals surface area contributed by atoms with E-state index < -0.39 is 12.0 Å². The van der Waals surface area contributed by atoms with Crippen LogP contribution in [-0.2, 0) is 6.18 Å². The summed E-state index contributed by atoms with van der Waals surface area (Å²) in [6.45, 7) is 4.74. The Hall–Kier alpha value is -1.86. The topological polar surface area (TPSA) is 46.3 Å². The van der Waals surface area contributed by atoms with Crippen LogP contribution in [0.2, 0.25) is 0 Å². The van der Waals surface area contributed by atoms with Crippen molar-refractivity contribution in [2.45, 2.75) is 20.0 Å². The maximum absolute atomic E-state index is 12.7. The van der Waals surface area contributed by atoms with Crippen LogP contribution in [0.1, 0.15) is 19.7 Å². The van der Waals surface area contributed by atoms with Gasteiger partial charge in [-0.1, -0.05) is 13.8 Å². The van der Waals surface area contributed by atoms with Gasteiger partial charge in [-0.2, -0.15) is 17.7 Å². The van der Waals surface area contributed by atoms with Crippen molar-refractivity contribution in [3.63, 3.8) is 0 Å². The fourth-order valence-corrected chi connectivity index (χ4v) is 1.80. The summed E-state index contributed by atoms with van der Waals surface area (Å²) in [5.74, 6) is -0.278. The molecule has 19 heavy (non-hydrogen) atoms. The summed E-state index contributed by atoms with van der Waals surface area (Å²) in [4.78, 5) is 1.80. The van der Waals surface area contributed by atoms with E-state index in [1.807, 2.05) is 13.8 Å². The smallest absolute Gasteiger partial charge is 0.358 e. The van der Waals surface area contributed by atoms with Gasteiger partial charge < -0.3 is 4.90 Å². The van der Waals surface area contributed by atoms with Crippen molar-refractivity contribution in [3.8, 4) is 0 Å². The second-order valence-electron chi connectivity index (χ2n) is 4.76. The van der Waals surface area contributed by atoms with Crippen molar-refractivity contribution >= 4 is 11.5 Å². The van der Waals surface area contributed by atoms with Gasteiger partial charge in [-0.05, 0) is 18.1 Å². The third kappa shape index (κ3) is 2.77. The SMILES string of the molecule is CC(C)CN(C)c1ccc2nnc(C(F)(F)F)n2n1. The quantitative estimate of drug-likeness (QED) is 0.860. The normalized spacial score (nSPS) is 12.4. The molecule has 104 valence electrons. The Morgan fingerprint density at radius 3 is 2.53 bits per heavy atom. The molecule has 2 aromatic rings. The molecule has 2 heterocycles. The van der Waals surface area contributed by atoms with E-state index in [1.54, 1.807) is 18.0 Å². The van der Waals surface area contributed by atoms with Crippen LogP contribution in [0, 0.1) is 5.92 Å². The van der Waals surface area contributed by atoms with Crippen molar-refractivity contribution in [3.05, 3.63) is 18.0 Å². The van der Waals surface area contributed by atoms with E-state index in [9.17, 15) is 13.2 Å². The first kappa shape index (κ1) is 13.6. The van der Waals surface area contributed by atoms with E-state index in [-0.39, 0.29) is 5.65 Å². The second-order valence-corrected chi connectivity index (χ2v) is 4.76. The van der Waals surface area contributed by atoms with E-state index in [4.69, 9.17) is 0 Å². The van der Waals surface area contributed by atoms with Crippen LogP contribution in [0.15, 0.2) is 12.1 Å². The number of halogens is 3. The maximum atomic E-state index is 12.7. The molecule has 0 spiro atoms. The van der Waals surface area contributed by atoms with Crippen molar-refractivity contribution in [1.29, 1.82) is 0 Å². The second kappa shape index (κ2) is 4.67. The number of alkyl halides is 3. The lowest BCUT2D eigenvalue weighted by atomic mass is 10.2. The van der Waals surface area contributed by atoms with Gasteiger partial charge in [-0.3, -0.25) is 0 Å². The number of rotatable bonds is 3. The zero-order chi connectivity index (χ0) is 14.2. The zero-order valence-electron chi connectivity index (χ0n) is 10.8. The highest BCUT2D eigenvalue weighted by molar-refractivity contribution is 5.45. The van der Waals surface area contributed by atoms with Crippen LogP contribution >= 0.6 is 0 Å². The molecule has 0 aliphatic rings. The van der Waals surface area contributed by atoms with Gasteiger partial charge >= 0.3 is 6.18 Å². The molecule has 0 aliphatic carbocycles. The minimum Gasteiger partial charge on any atom is -0.358 e. The minimum atomic E-state index is -4.57. The maximum Gasteiger partial charge on any atom is 0.453 e. The molecule has 2 rings (SSSR count). The Balaban J connectivity index is 2.44. The Bertz CT molecular complexity index is 575. The molecule has 5 nitrogen and oxygen atoms in total. The molecule has 0 fully saturated rings. The summed E-state index contributed by atoms with van der Waals surface area (Å²) >= 11 is 0. The van der Waals surface area contributed by atoms with Crippen LogP contribution in [0.3, 0.4) is 0 Å². The van der Waals surface area contributed by atoms with Gasteiger partial charge in [0.05, 0.1) is 0 Å². The van der Waals surface area contributed by atoms with Gasteiger partial charge in [0, 0.05) is 13.6 Å². The number of hydrogen-bond acceptors (Lipinski definition) is 4. The van der Waals surface area contributed by atoms with Crippen molar-refractivity contribution in [2.24, 2.45) is 5.92 Å². The Kier molecular flexibility index (Phi) is 3.34. The number of hydrogen-bond donors (Lipinski definition) is 0. The fraction of sp³-hybridized carbons (Fsp3) is 0.545. The number of anilines is 1. The molecule has 0 saturated heterocycles. The van der Waals surface area contributed by atoms with Crippen LogP contribution in [0.5, 0.6) is 0 Å². The third-order valence-corrected chi connectivity index (χ3v) is 2.53. The summed E-state index contributed by atoms with van der Waals surface area (Å²) in [6.07, 6.45) is -4.57. The van der Waals surface area contributed by atoms with Crippen molar-refractivity contribution < 1.29 is 13.2 Å². The number of fused-ring (bicyclic) bond motifs is 1. The summed E-state index contributed by atoms with van der Waals surface area (Å²) < 4.78 is 38.9. The molecule has 8 heteroatoms. The predicted molar refractivity (Wildman–Crippen MR) is 63.9 cm³/mol. The third-order valence-electron chi connectivity index (χ3n) is 2.53. The summed E-state index contributed by atoms with van der Waals surface area (Å²) in [7, 11) is 1.78. The van der Waals surface area contributed by atoms with Crippen LogP contribution in [0.25, 0.3) is 5.65 Å². The number of nitrogens with zero attached hydrogens (tertiary/aromatic N) is 5. The molecule has 0 N–H and O–H groups in total. The van der Waals surface area contributed by atoms with Gasteiger partial charge in [0.15, 0.2) is 5.65 Å². The first-order chi connectivity index (χ1) is 8.79. The monoisotopic (exact) mass is 273 g/mol.